The number of nitrogens with one attached hydrogen (secondary N) is 15. The van der Waals surface area contributed by atoms with Gasteiger partial charge >= 0.3 is 11.9 Å². The lowest BCUT2D eigenvalue weighted by atomic mass is 10.0. The topological polar surface area (TPSA) is 724 Å². The van der Waals surface area contributed by atoms with Gasteiger partial charge in [0.25, 0.3) is 0 Å². The number of benzene rings is 1. The van der Waals surface area contributed by atoms with Crippen LogP contribution in [0.5, 0.6) is 0 Å². The van der Waals surface area contributed by atoms with E-state index in [4.69, 9.17) is 45.2 Å². The van der Waals surface area contributed by atoms with E-state index in [1.807, 2.05) is 0 Å². The summed E-state index contributed by atoms with van der Waals surface area (Å²) < 4.78 is 0. The SMILES string of the molecule is C[C@@H](O)[C@H](N)C(=O)N[C@@H](CO)C(=O)N[C@@H](CCCNC(=N)N)C(=O)N[C@@H](CC(=O)O)C(=O)N[C@@H](CC(N)=O)C(=O)N[C@@H](Cc1c[nH]c2ccccc12)C(=O)N[C@@H](CCCCN)C(=O)NCC(=O)N[C@@H](CO)C(=O)N[C@@H](CC(N)=O)C(=O)N[C@@H](CCCNC(=N)N)C(=O)N1CCC[C@H]1C(=O)O. The second-order valence-electron chi connectivity index (χ2n) is 23.2. The molecule has 1 aliphatic heterocycles. The van der Waals surface area contributed by atoms with Gasteiger partial charge in [0.05, 0.1) is 45.1 Å². The number of amides is 13. The van der Waals surface area contributed by atoms with E-state index in [-0.39, 0.29) is 77.5 Å². The second kappa shape index (κ2) is 42.1. The van der Waals surface area contributed by atoms with Gasteiger partial charge in [0.15, 0.2) is 11.9 Å². The number of fused-ring (bicyclic) bond motifs is 1. The largest absolute Gasteiger partial charge is 0.481 e. The van der Waals surface area contributed by atoms with E-state index in [1.165, 1.54) is 13.1 Å². The number of carboxylic acids is 2. The van der Waals surface area contributed by atoms with E-state index in [1.54, 1.807) is 24.3 Å². The highest BCUT2D eigenvalue weighted by molar-refractivity contribution is 6.01. The van der Waals surface area contributed by atoms with Crippen LogP contribution in [0, 0.1) is 10.8 Å². The van der Waals surface area contributed by atoms with Gasteiger partial charge in [-0.2, -0.15) is 0 Å². The highest BCUT2D eigenvalue weighted by atomic mass is 16.4. The number of carboxylic acid groups (broad SMARTS) is 2. The third kappa shape index (κ3) is 28.3. The van der Waals surface area contributed by atoms with Crippen LogP contribution >= 0.6 is 0 Å². The number of aromatic amines is 1. The minimum Gasteiger partial charge on any atom is -0.481 e. The number of aliphatic hydroxyl groups is 3. The number of nitrogens with two attached hydrogens (primary N) is 6. The van der Waals surface area contributed by atoms with E-state index in [0.29, 0.717) is 22.9 Å². The van der Waals surface area contributed by atoms with Crippen LogP contribution < -0.4 is 98.2 Å². The van der Waals surface area contributed by atoms with E-state index in [9.17, 15) is 97.5 Å². The fraction of sp³-hybridized carbons (Fsp3) is 0.569. The summed E-state index contributed by atoms with van der Waals surface area (Å²) in [6.45, 7) is -1.89. The Labute approximate surface area is 571 Å². The molecule has 0 unspecified atom stereocenters. The van der Waals surface area contributed by atoms with Gasteiger partial charge in [0, 0.05) is 43.2 Å². The highest BCUT2D eigenvalue weighted by Gasteiger charge is 2.40. The summed E-state index contributed by atoms with van der Waals surface area (Å²) in [5, 5.41) is 92.6. The minimum absolute atomic E-state index is 0.0272. The third-order valence-corrected chi connectivity index (χ3v) is 15.3. The second-order valence-corrected chi connectivity index (χ2v) is 23.2. The maximum Gasteiger partial charge on any atom is 0.326 e. The number of primary amides is 2. The molecule has 0 bridgehead atoms. The Morgan fingerprint density at radius 2 is 1.00 bits per heavy atom. The number of carbonyl (C=O) groups excluding carboxylic acids is 13. The number of aromatic nitrogens is 1. The number of likely N-dealkylation sites (tertiary alicyclic amines) is 1. The molecule has 1 aliphatic rings. The average Bonchev–Trinajstić information content (AvgIpc) is 1.61. The van der Waals surface area contributed by atoms with Crippen molar-refractivity contribution < 1.29 is 97.5 Å². The molecule has 1 aromatic carbocycles. The molecule has 1 fully saturated rings. The van der Waals surface area contributed by atoms with Crippen molar-refractivity contribution >= 4 is 112 Å². The molecule has 0 spiro atoms. The Morgan fingerprint density at radius 1 is 0.560 bits per heavy atom. The Balaban J connectivity index is 1.90. The molecule has 0 aliphatic carbocycles. The summed E-state index contributed by atoms with van der Waals surface area (Å²) in [6, 6.07) is -12.2. The van der Waals surface area contributed by atoms with Crippen LogP contribution in [-0.2, 0) is 78.3 Å². The molecule has 0 radical (unpaired) electrons. The number of unbranched alkanes of at least 4 members (excludes halogenated alkanes) is 1. The number of aliphatic carboxylic acids is 2. The molecule has 554 valence electrons. The summed E-state index contributed by atoms with van der Waals surface area (Å²) in [5.74, 6) is -19.0. The maximum absolute atomic E-state index is 14.6. The van der Waals surface area contributed by atoms with Crippen molar-refractivity contribution in [1.29, 1.82) is 10.8 Å². The molecular weight excluding hydrogens is 1320 g/mol. The molecule has 13 amide bonds. The third-order valence-electron chi connectivity index (χ3n) is 15.3. The molecule has 100 heavy (non-hydrogen) atoms. The first kappa shape index (κ1) is 83.4. The van der Waals surface area contributed by atoms with Crippen molar-refractivity contribution in [2.24, 2.45) is 34.4 Å². The van der Waals surface area contributed by atoms with Crippen LogP contribution in [0.2, 0.25) is 0 Å². The molecule has 1 saturated heterocycles. The Morgan fingerprint density at radius 3 is 1.50 bits per heavy atom. The lowest BCUT2D eigenvalue weighted by molar-refractivity contribution is -0.149. The number of nitrogens with zero attached hydrogens (tertiary/aromatic N) is 1. The number of para-hydroxylation sites is 1. The van der Waals surface area contributed by atoms with Gasteiger partial charge in [-0.3, -0.25) is 77.9 Å². The standard InChI is InChI=1S/C58H92N22O20/c1-27(83)45(62)54(97)79-39(26-82)53(96)73-32(12-6-16-67-57(63)64)47(90)78-37(22-44(87)88)51(94)76-36(21-42(61)85)50(93)75-34(19-28-23-69-30-10-3-2-9-29(28)30)48(91)72-31(11-4-5-15-59)46(89)70-24-43(86)71-38(25-81)52(95)77-35(20-41(60)84)49(92)74-33(13-7-17-68-58(65)66)55(98)80-18-8-14-40(80)56(99)100/h2-3,9-10,23,27,31-40,45,69,81-83H,4-8,11-22,24-26,59,62H2,1H3,(H2,60,84)(H2,61,85)(H,70,89)(H,71,86)(H,72,91)(H,73,96)(H,74,92)(H,75,93)(H,76,94)(H,77,95)(H,78,90)(H,79,97)(H,87,88)(H,99,100)(H4,63,64,67)(H4,65,66,68)/t27-,31+,32+,33+,34+,35+,36+,37+,38+,39+,40+,45+/m1/s1. The van der Waals surface area contributed by atoms with Crippen LogP contribution in [0.1, 0.15) is 89.5 Å². The van der Waals surface area contributed by atoms with Gasteiger partial charge in [0.1, 0.15) is 66.5 Å². The monoisotopic (exact) mass is 1420 g/mol. The number of aliphatic hydroxyl groups excluding tert-OH is 3. The van der Waals surface area contributed by atoms with Crippen LogP contribution in [0.15, 0.2) is 30.5 Å². The number of H-pyrrole nitrogens is 1. The van der Waals surface area contributed by atoms with Gasteiger partial charge in [-0.05, 0) is 82.9 Å². The van der Waals surface area contributed by atoms with Gasteiger partial charge in [-0.15, -0.1) is 0 Å². The number of guanidine groups is 2. The van der Waals surface area contributed by atoms with Crippen LogP contribution in [0.25, 0.3) is 10.9 Å². The van der Waals surface area contributed by atoms with E-state index >= 15 is 0 Å². The summed E-state index contributed by atoms with van der Waals surface area (Å²) in [4.78, 5) is 205. The minimum atomic E-state index is -2.12. The van der Waals surface area contributed by atoms with Crippen LogP contribution in [0.3, 0.4) is 0 Å². The first-order chi connectivity index (χ1) is 47.2. The van der Waals surface area contributed by atoms with Crippen molar-refractivity contribution in [2.75, 3.05) is 45.9 Å². The van der Waals surface area contributed by atoms with E-state index < -0.39 is 219 Å². The normalized spacial score (nSPS) is 15.8. The predicted octanol–water partition coefficient (Wildman–Crippen LogP) is -11.2. The zero-order chi connectivity index (χ0) is 74.9. The zero-order valence-corrected chi connectivity index (χ0v) is 54.7. The fourth-order valence-electron chi connectivity index (χ4n) is 10.1. The summed E-state index contributed by atoms with van der Waals surface area (Å²) >= 11 is 0. The van der Waals surface area contributed by atoms with Crippen molar-refractivity contribution in [3.63, 3.8) is 0 Å². The summed E-state index contributed by atoms with van der Waals surface area (Å²) in [6.07, 6.45) is -3.16. The number of carbonyl (C=O) groups is 15. The average molecular weight is 1420 g/mol. The van der Waals surface area contributed by atoms with Crippen molar-refractivity contribution in [1.82, 2.24) is 73.7 Å². The molecule has 1 aromatic heterocycles. The number of hydrogen-bond acceptors (Lipinski definition) is 22. The van der Waals surface area contributed by atoms with Crippen LogP contribution in [0.4, 0.5) is 0 Å². The molecular formula is C58H92N22O20. The molecule has 12 atom stereocenters. The lowest BCUT2D eigenvalue weighted by Gasteiger charge is -2.29. The summed E-state index contributed by atoms with van der Waals surface area (Å²) in [5.41, 5.74) is 33.9. The molecule has 0 saturated carbocycles. The van der Waals surface area contributed by atoms with Crippen LogP contribution in [-0.4, -0.2) is 255 Å². The molecule has 2 heterocycles. The molecule has 3 rings (SSSR count). The van der Waals surface area contributed by atoms with Crippen molar-refractivity contribution in [3.8, 4) is 0 Å². The quantitative estimate of drug-likeness (QED) is 0.0166. The first-order valence-electron chi connectivity index (χ1n) is 31.6. The smallest absolute Gasteiger partial charge is 0.326 e. The molecule has 2 aromatic rings. The van der Waals surface area contributed by atoms with Crippen molar-refractivity contribution in [3.05, 3.63) is 36.0 Å². The highest BCUT2D eigenvalue weighted by Crippen LogP contribution is 2.22. The molecule has 32 N–H and O–H groups in total. The first-order valence-corrected chi connectivity index (χ1v) is 31.6. The molecule has 42 heteroatoms. The fourth-order valence-corrected chi connectivity index (χ4v) is 10.1. The van der Waals surface area contributed by atoms with Gasteiger partial charge in [-0.1, -0.05) is 18.2 Å². The Bertz CT molecular complexity index is 3260. The van der Waals surface area contributed by atoms with Gasteiger partial charge in [0.2, 0.25) is 76.8 Å². The van der Waals surface area contributed by atoms with Gasteiger partial charge in [-0.25, -0.2) is 4.79 Å². The Kier molecular flexibility index (Phi) is 35.1. The number of hydrogen-bond donors (Lipinski definition) is 26. The van der Waals surface area contributed by atoms with E-state index in [0.717, 1.165) is 4.90 Å². The number of rotatable bonds is 45. The van der Waals surface area contributed by atoms with Crippen molar-refractivity contribution in [2.45, 2.75) is 163 Å². The van der Waals surface area contributed by atoms with Gasteiger partial charge < -0.3 is 134 Å². The van der Waals surface area contributed by atoms with E-state index in [2.05, 4.69) is 68.8 Å². The summed E-state index contributed by atoms with van der Waals surface area (Å²) in [7, 11) is 0. The predicted molar refractivity (Wildman–Crippen MR) is 350 cm³/mol. The zero-order valence-electron chi connectivity index (χ0n) is 54.7. The lowest BCUT2D eigenvalue weighted by Crippen LogP contribution is -2.61. The maximum atomic E-state index is 14.6. The Hall–Kier alpha value is -10.8. The molecule has 42 nitrogen and oxygen atoms in total.